The number of rotatable bonds is 8. The molecule has 0 aromatic heterocycles. The highest BCUT2D eigenvalue weighted by molar-refractivity contribution is 8.00. The summed E-state index contributed by atoms with van der Waals surface area (Å²) in [6.45, 7) is 5.28. The molecule has 2 N–H and O–H groups in total. The van der Waals surface area contributed by atoms with Crippen LogP contribution in [0.15, 0.2) is 42.5 Å². The molecule has 0 spiro atoms. The van der Waals surface area contributed by atoms with Crippen molar-refractivity contribution in [2.45, 2.75) is 26.9 Å². The van der Waals surface area contributed by atoms with Crippen LogP contribution >= 0.6 is 11.8 Å². The number of nitrogens with one attached hydrogen (secondary N) is 2. The Morgan fingerprint density at radius 3 is 2.41 bits per heavy atom. The van der Waals surface area contributed by atoms with Gasteiger partial charge in [0.1, 0.15) is 5.82 Å². The van der Waals surface area contributed by atoms with E-state index in [1.54, 1.807) is 0 Å². The number of amides is 2. The molecule has 0 aliphatic rings. The second kappa shape index (κ2) is 10.6. The van der Waals surface area contributed by atoms with E-state index < -0.39 is 23.8 Å². The molecule has 6 nitrogen and oxygen atoms in total. The van der Waals surface area contributed by atoms with Crippen molar-refractivity contribution >= 4 is 40.9 Å². The maximum atomic E-state index is 12.8. The lowest BCUT2D eigenvalue weighted by Crippen LogP contribution is -2.31. The minimum Gasteiger partial charge on any atom is -0.452 e. The van der Waals surface area contributed by atoms with Crippen LogP contribution in [-0.4, -0.2) is 35.4 Å². The highest BCUT2D eigenvalue weighted by atomic mass is 32.2. The van der Waals surface area contributed by atoms with Crippen LogP contribution in [0.4, 0.5) is 15.8 Å². The van der Waals surface area contributed by atoms with E-state index in [1.807, 2.05) is 32.0 Å². The number of carbonyl (C=O) groups excluding carboxylic acids is 3. The standard InChI is InChI=1S/C21H23FN2O4S/c1-13-4-5-14(2)18(10-13)24-21(27)15(3)28-20(26)12-29-11-19(25)23-17-8-6-16(22)7-9-17/h4-10,15H,11-12H2,1-3H3,(H,23,25)(H,24,27)/t15-/m0/s1. The molecule has 154 valence electrons. The number of ether oxygens (including phenoxy) is 1. The second-order valence-electron chi connectivity index (χ2n) is 6.49. The number of carbonyl (C=O) groups is 3. The van der Waals surface area contributed by atoms with Gasteiger partial charge in [-0.05, 0) is 62.2 Å². The van der Waals surface area contributed by atoms with Gasteiger partial charge in [0, 0.05) is 11.4 Å². The van der Waals surface area contributed by atoms with E-state index in [4.69, 9.17) is 4.74 Å². The summed E-state index contributed by atoms with van der Waals surface area (Å²) in [4.78, 5) is 36.0. The highest BCUT2D eigenvalue weighted by Crippen LogP contribution is 2.17. The fourth-order valence-electron chi connectivity index (χ4n) is 2.35. The summed E-state index contributed by atoms with van der Waals surface area (Å²) < 4.78 is 18.0. The fourth-order valence-corrected chi connectivity index (χ4v) is 2.94. The lowest BCUT2D eigenvalue weighted by atomic mass is 10.1. The molecule has 0 saturated carbocycles. The number of anilines is 2. The molecule has 0 unspecified atom stereocenters. The minimum atomic E-state index is -0.962. The summed E-state index contributed by atoms with van der Waals surface area (Å²) in [5.74, 6) is -1.78. The number of hydrogen-bond acceptors (Lipinski definition) is 5. The van der Waals surface area contributed by atoms with E-state index in [1.165, 1.54) is 31.2 Å². The van der Waals surface area contributed by atoms with Crippen LogP contribution in [0.25, 0.3) is 0 Å². The summed E-state index contributed by atoms with van der Waals surface area (Å²) >= 11 is 1.06. The van der Waals surface area contributed by atoms with Crippen LogP contribution in [0.2, 0.25) is 0 Å². The molecule has 8 heteroatoms. The van der Waals surface area contributed by atoms with Crippen LogP contribution < -0.4 is 10.6 Å². The molecule has 2 aromatic carbocycles. The zero-order valence-corrected chi connectivity index (χ0v) is 17.3. The van der Waals surface area contributed by atoms with E-state index >= 15 is 0 Å². The lowest BCUT2D eigenvalue weighted by molar-refractivity contribution is -0.150. The quantitative estimate of drug-likeness (QED) is 0.639. The van der Waals surface area contributed by atoms with Gasteiger partial charge in [-0.3, -0.25) is 14.4 Å². The Bertz CT molecular complexity index is 887. The molecule has 2 aromatic rings. The molecule has 2 amide bonds. The first-order valence-corrected chi connectivity index (χ1v) is 10.1. The molecule has 2 rings (SSSR count). The third kappa shape index (κ3) is 7.57. The van der Waals surface area contributed by atoms with Crippen molar-refractivity contribution in [2.75, 3.05) is 22.1 Å². The van der Waals surface area contributed by atoms with Gasteiger partial charge in [-0.25, -0.2) is 4.39 Å². The molecule has 0 fully saturated rings. The van der Waals surface area contributed by atoms with Gasteiger partial charge in [-0.2, -0.15) is 0 Å². The van der Waals surface area contributed by atoms with Crippen LogP contribution in [0.1, 0.15) is 18.1 Å². The summed E-state index contributed by atoms with van der Waals surface area (Å²) in [6, 6.07) is 11.1. The van der Waals surface area contributed by atoms with Crippen molar-refractivity contribution in [3.63, 3.8) is 0 Å². The van der Waals surface area contributed by atoms with Crippen molar-refractivity contribution in [1.82, 2.24) is 0 Å². The molecular formula is C21H23FN2O4S. The molecular weight excluding hydrogens is 395 g/mol. The Balaban J connectivity index is 1.72. The summed E-state index contributed by atoms with van der Waals surface area (Å²) in [6.07, 6.45) is -0.962. The van der Waals surface area contributed by atoms with E-state index in [2.05, 4.69) is 10.6 Å². The summed E-state index contributed by atoms with van der Waals surface area (Å²) in [7, 11) is 0. The van der Waals surface area contributed by atoms with Crippen LogP contribution in [0.5, 0.6) is 0 Å². The zero-order chi connectivity index (χ0) is 21.4. The van der Waals surface area contributed by atoms with Gasteiger partial charge in [-0.1, -0.05) is 12.1 Å². The number of esters is 1. The summed E-state index contributed by atoms with van der Waals surface area (Å²) in [5, 5.41) is 5.34. The Morgan fingerprint density at radius 1 is 1.03 bits per heavy atom. The van der Waals surface area contributed by atoms with E-state index in [0.29, 0.717) is 11.4 Å². The normalized spacial score (nSPS) is 11.4. The SMILES string of the molecule is Cc1ccc(C)c(NC(=O)[C@H](C)OC(=O)CSCC(=O)Nc2ccc(F)cc2)c1. The smallest absolute Gasteiger partial charge is 0.316 e. The molecule has 0 bridgehead atoms. The van der Waals surface area contributed by atoms with Crippen molar-refractivity contribution in [1.29, 1.82) is 0 Å². The summed E-state index contributed by atoms with van der Waals surface area (Å²) in [5.41, 5.74) is 3.05. The Labute approximate surface area is 173 Å². The highest BCUT2D eigenvalue weighted by Gasteiger charge is 2.19. The number of benzene rings is 2. The topological polar surface area (TPSA) is 84.5 Å². The Morgan fingerprint density at radius 2 is 1.72 bits per heavy atom. The first-order valence-electron chi connectivity index (χ1n) is 8.95. The third-order valence-corrected chi connectivity index (χ3v) is 4.82. The maximum absolute atomic E-state index is 12.8. The molecule has 29 heavy (non-hydrogen) atoms. The van der Waals surface area contributed by atoms with Crippen LogP contribution in [0, 0.1) is 19.7 Å². The molecule has 0 aliphatic heterocycles. The van der Waals surface area contributed by atoms with Crippen LogP contribution in [0.3, 0.4) is 0 Å². The van der Waals surface area contributed by atoms with Crippen molar-refractivity contribution in [3.05, 3.63) is 59.4 Å². The van der Waals surface area contributed by atoms with Crippen molar-refractivity contribution in [3.8, 4) is 0 Å². The number of hydrogen-bond donors (Lipinski definition) is 2. The molecule has 1 atom stereocenters. The Hall–Kier alpha value is -2.87. The average Bonchev–Trinajstić information content (AvgIpc) is 2.66. The monoisotopic (exact) mass is 418 g/mol. The molecule has 0 aliphatic carbocycles. The minimum absolute atomic E-state index is 0.0234. The molecule has 0 heterocycles. The van der Waals surface area contributed by atoms with Crippen LogP contribution in [-0.2, 0) is 19.1 Å². The van der Waals surface area contributed by atoms with Gasteiger partial charge in [0.25, 0.3) is 5.91 Å². The number of halogens is 1. The first-order chi connectivity index (χ1) is 13.7. The maximum Gasteiger partial charge on any atom is 0.316 e. The van der Waals surface area contributed by atoms with E-state index in [-0.39, 0.29) is 17.4 Å². The van der Waals surface area contributed by atoms with Gasteiger partial charge < -0.3 is 15.4 Å². The van der Waals surface area contributed by atoms with Gasteiger partial charge >= 0.3 is 5.97 Å². The Kier molecular flexibility index (Phi) is 8.21. The van der Waals surface area contributed by atoms with E-state index in [0.717, 1.165) is 22.9 Å². The molecule has 0 saturated heterocycles. The largest absolute Gasteiger partial charge is 0.452 e. The third-order valence-electron chi connectivity index (χ3n) is 3.91. The van der Waals surface area contributed by atoms with Gasteiger partial charge in [-0.15, -0.1) is 11.8 Å². The first kappa shape index (κ1) is 22.4. The predicted octanol–water partition coefficient (Wildman–Crippen LogP) is 3.68. The zero-order valence-electron chi connectivity index (χ0n) is 16.5. The van der Waals surface area contributed by atoms with Gasteiger partial charge in [0.2, 0.25) is 5.91 Å². The lowest BCUT2D eigenvalue weighted by Gasteiger charge is -2.15. The van der Waals surface area contributed by atoms with Gasteiger partial charge in [0.05, 0.1) is 11.5 Å². The predicted molar refractivity (Wildman–Crippen MR) is 112 cm³/mol. The van der Waals surface area contributed by atoms with Crippen molar-refractivity contribution < 1.29 is 23.5 Å². The van der Waals surface area contributed by atoms with Gasteiger partial charge in [0.15, 0.2) is 6.10 Å². The second-order valence-corrected chi connectivity index (χ2v) is 7.47. The van der Waals surface area contributed by atoms with Crippen molar-refractivity contribution in [2.24, 2.45) is 0 Å². The van der Waals surface area contributed by atoms with E-state index in [9.17, 15) is 18.8 Å². The number of thioether (sulfide) groups is 1. The molecule has 0 radical (unpaired) electrons. The number of aryl methyl sites for hydroxylation is 2. The fraction of sp³-hybridized carbons (Fsp3) is 0.286. The average molecular weight is 418 g/mol.